The molecule has 1 heterocycles. The fourth-order valence-electron chi connectivity index (χ4n) is 5.43. The fraction of sp³-hybridized carbons (Fsp3) is 0.657. The molecule has 0 aromatic rings. The van der Waals surface area contributed by atoms with Crippen LogP contribution in [0.15, 0.2) is 59.4 Å². The second kappa shape index (κ2) is 18.3. The highest BCUT2D eigenvalue weighted by Gasteiger charge is 2.38. The van der Waals surface area contributed by atoms with Crippen LogP contribution in [0.4, 0.5) is 0 Å². The van der Waals surface area contributed by atoms with E-state index >= 15 is 0 Å². The van der Waals surface area contributed by atoms with E-state index in [1.165, 1.54) is 20.3 Å². The zero-order valence-corrected chi connectivity index (χ0v) is 28.0. The first-order chi connectivity index (χ1) is 20.0. The largest absolute Gasteiger partial charge is 0.490 e. The van der Waals surface area contributed by atoms with Gasteiger partial charge in [-0.1, -0.05) is 90.0 Å². The Kier molecular flexibility index (Phi) is 16.4. The summed E-state index contributed by atoms with van der Waals surface area (Å²) in [5.74, 6) is -2.96. The lowest BCUT2D eigenvalue weighted by Crippen LogP contribution is -2.45. The minimum atomic E-state index is -1.17. The molecule has 8 nitrogen and oxygen atoms in total. The number of carbonyl (C=O) groups is 2. The number of ketones is 1. The zero-order chi connectivity index (χ0) is 33.0. The first-order valence-corrected chi connectivity index (χ1v) is 15.3. The van der Waals surface area contributed by atoms with E-state index < -0.39 is 48.3 Å². The van der Waals surface area contributed by atoms with Crippen LogP contribution in [0, 0.1) is 35.5 Å². The summed E-state index contributed by atoms with van der Waals surface area (Å²) in [5.41, 5.74) is 1.78. The van der Waals surface area contributed by atoms with E-state index in [1.807, 2.05) is 66.7 Å². The average molecular weight is 605 g/mol. The van der Waals surface area contributed by atoms with E-state index in [2.05, 4.69) is 0 Å². The Balaban J connectivity index is 3.46. The highest BCUT2D eigenvalue weighted by Crippen LogP contribution is 2.27. The second-order valence-corrected chi connectivity index (χ2v) is 12.6. The van der Waals surface area contributed by atoms with Crippen LogP contribution in [0.3, 0.4) is 0 Å². The van der Waals surface area contributed by atoms with E-state index in [-0.39, 0.29) is 35.2 Å². The van der Waals surface area contributed by atoms with Gasteiger partial charge in [0.1, 0.15) is 12.2 Å². The molecule has 10 atom stereocenters. The lowest BCUT2D eigenvalue weighted by Gasteiger charge is -2.33. The average Bonchev–Trinajstić information content (AvgIpc) is 2.96. The third-order valence-electron chi connectivity index (χ3n) is 8.40. The number of cyclic esters (lactones) is 1. The molecule has 0 aromatic heterocycles. The van der Waals surface area contributed by atoms with E-state index in [0.29, 0.717) is 6.42 Å². The molecule has 43 heavy (non-hydrogen) atoms. The summed E-state index contributed by atoms with van der Waals surface area (Å²) in [5, 5.41) is 32.5. The van der Waals surface area contributed by atoms with Crippen LogP contribution >= 0.6 is 0 Å². The van der Waals surface area contributed by atoms with Crippen molar-refractivity contribution in [1.82, 2.24) is 0 Å². The Labute approximate surface area is 259 Å². The van der Waals surface area contributed by atoms with E-state index in [0.717, 1.165) is 11.1 Å². The number of ether oxygens (including phenoxy) is 3. The van der Waals surface area contributed by atoms with Gasteiger partial charge in [0.05, 0.1) is 25.4 Å². The molecule has 0 saturated carbocycles. The SMILES string of the molecule is CO/C1=C\C(C)=C\[C@@H](C)[C@@H](O)[C@H](C)C/C(C)=C/C=C/[C@H](OC)[C@@H]([C@@H](C)[C@@H](O)[C@H](C)C(=O)/C=C/[C@H](C)[C@H](O)C(C)C)OC1=O. The number of aliphatic hydroxyl groups is 3. The molecule has 0 saturated heterocycles. The Morgan fingerprint density at radius 1 is 1.07 bits per heavy atom. The summed E-state index contributed by atoms with van der Waals surface area (Å²) in [6.07, 6.45) is 8.65. The molecule has 244 valence electrons. The van der Waals surface area contributed by atoms with Crippen molar-refractivity contribution in [3.63, 3.8) is 0 Å². The monoisotopic (exact) mass is 604 g/mol. The summed E-state index contributed by atoms with van der Waals surface area (Å²) in [7, 11) is 2.86. The summed E-state index contributed by atoms with van der Waals surface area (Å²) >= 11 is 0. The van der Waals surface area contributed by atoms with Gasteiger partial charge in [0.2, 0.25) is 5.76 Å². The lowest BCUT2D eigenvalue weighted by molar-refractivity contribution is -0.162. The smallest absolute Gasteiger partial charge is 0.373 e. The lowest BCUT2D eigenvalue weighted by atomic mass is 9.84. The standard InChI is InChI=1S/C35H56O8/c1-20(2)31(37)23(5)15-16-28(36)26(8)33(39)27(9)34-29(41-10)14-12-13-21(3)17-24(6)32(38)25(7)18-22(4)19-30(42-11)35(40)43-34/h12-16,18-20,23-27,29,31-34,37-39H,17H2,1-11H3/b14-12+,16-15+,21-13+,22-18+,30-19-/t23-,24+,25+,26+,27-,29-,31+,32-,33-,34+/m0/s1. The summed E-state index contributed by atoms with van der Waals surface area (Å²) < 4.78 is 17.0. The molecular weight excluding hydrogens is 548 g/mol. The minimum Gasteiger partial charge on any atom is -0.490 e. The highest BCUT2D eigenvalue weighted by atomic mass is 16.6. The van der Waals surface area contributed by atoms with Gasteiger partial charge < -0.3 is 29.5 Å². The molecule has 0 spiro atoms. The number of aliphatic hydroxyl groups excluding tert-OH is 3. The number of esters is 1. The molecule has 0 aromatic carbocycles. The quantitative estimate of drug-likeness (QED) is 0.226. The maximum Gasteiger partial charge on any atom is 0.373 e. The number of rotatable bonds is 10. The van der Waals surface area contributed by atoms with Gasteiger partial charge in [0.15, 0.2) is 5.78 Å². The van der Waals surface area contributed by atoms with Gasteiger partial charge in [-0.2, -0.15) is 0 Å². The van der Waals surface area contributed by atoms with Crippen molar-refractivity contribution < 1.29 is 39.1 Å². The van der Waals surface area contributed by atoms with Gasteiger partial charge in [-0.3, -0.25) is 4.79 Å². The van der Waals surface area contributed by atoms with Gasteiger partial charge in [-0.15, -0.1) is 0 Å². The van der Waals surface area contributed by atoms with Gasteiger partial charge >= 0.3 is 5.97 Å². The van der Waals surface area contributed by atoms with E-state index in [9.17, 15) is 24.9 Å². The molecule has 8 heteroatoms. The number of methoxy groups -OCH3 is 2. The van der Waals surface area contributed by atoms with Gasteiger partial charge in [0, 0.05) is 30.8 Å². The van der Waals surface area contributed by atoms with Crippen molar-refractivity contribution in [2.45, 2.75) is 99.3 Å². The van der Waals surface area contributed by atoms with Crippen LogP contribution in [0.1, 0.15) is 68.7 Å². The van der Waals surface area contributed by atoms with Crippen LogP contribution in [-0.4, -0.2) is 71.8 Å². The predicted molar refractivity (Wildman–Crippen MR) is 170 cm³/mol. The highest BCUT2D eigenvalue weighted by molar-refractivity contribution is 5.92. The predicted octanol–water partition coefficient (Wildman–Crippen LogP) is 5.34. The summed E-state index contributed by atoms with van der Waals surface area (Å²) in [6.45, 7) is 16.7. The number of allylic oxidation sites excluding steroid dienone is 6. The second-order valence-electron chi connectivity index (χ2n) is 12.6. The van der Waals surface area contributed by atoms with Crippen molar-refractivity contribution in [3.05, 3.63) is 59.4 Å². The van der Waals surface area contributed by atoms with Crippen LogP contribution in [-0.2, 0) is 23.8 Å². The molecule has 1 aliphatic heterocycles. The summed E-state index contributed by atoms with van der Waals surface area (Å²) in [6, 6.07) is 0. The molecule has 3 N–H and O–H groups in total. The zero-order valence-electron chi connectivity index (χ0n) is 28.0. The number of carbonyl (C=O) groups excluding carboxylic acids is 2. The van der Waals surface area contributed by atoms with Crippen molar-refractivity contribution in [1.29, 1.82) is 0 Å². The van der Waals surface area contributed by atoms with Crippen molar-refractivity contribution >= 4 is 11.8 Å². The molecule has 0 aliphatic carbocycles. The Bertz CT molecular complexity index is 1050. The molecule has 0 unspecified atom stereocenters. The minimum absolute atomic E-state index is 0.00159. The number of hydrogen-bond donors (Lipinski definition) is 3. The number of hydrogen-bond acceptors (Lipinski definition) is 8. The van der Waals surface area contributed by atoms with Crippen LogP contribution in [0.2, 0.25) is 0 Å². The topological polar surface area (TPSA) is 123 Å². The summed E-state index contributed by atoms with van der Waals surface area (Å²) in [4.78, 5) is 26.4. The van der Waals surface area contributed by atoms with E-state index in [4.69, 9.17) is 14.2 Å². The van der Waals surface area contributed by atoms with Crippen molar-refractivity contribution in [3.8, 4) is 0 Å². The fourth-order valence-corrected chi connectivity index (χ4v) is 5.43. The van der Waals surface area contributed by atoms with Gasteiger partial charge in [-0.25, -0.2) is 4.79 Å². The first-order valence-electron chi connectivity index (χ1n) is 15.3. The van der Waals surface area contributed by atoms with Crippen LogP contribution in [0.5, 0.6) is 0 Å². The molecule has 0 bridgehead atoms. The Hall–Kier alpha value is -2.52. The van der Waals surface area contributed by atoms with Crippen molar-refractivity contribution in [2.24, 2.45) is 35.5 Å². The maximum atomic E-state index is 13.4. The van der Waals surface area contributed by atoms with Crippen molar-refractivity contribution in [2.75, 3.05) is 14.2 Å². The molecular formula is C35H56O8. The Morgan fingerprint density at radius 3 is 2.26 bits per heavy atom. The third-order valence-corrected chi connectivity index (χ3v) is 8.40. The Morgan fingerprint density at radius 2 is 1.70 bits per heavy atom. The van der Waals surface area contributed by atoms with Gasteiger partial charge in [0.25, 0.3) is 0 Å². The van der Waals surface area contributed by atoms with E-state index in [1.54, 1.807) is 32.1 Å². The molecule has 0 fully saturated rings. The molecule has 1 rings (SSSR count). The molecule has 0 radical (unpaired) electrons. The first kappa shape index (κ1) is 38.5. The third kappa shape index (κ3) is 11.8. The van der Waals surface area contributed by atoms with Crippen LogP contribution < -0.4 is 0 Å². The molecule has 0 amide bonds. The maximum absolute atomic E-state index is 13.4. The van der Waals surface area contributed by atoms with Crippen LogP contribution in [0.25, 0.3) is 0 Å². The van der Waals surface area contributed by atoms with Gasteiger partial charge in [-0.05, 0) is 44.3 Å². The molecule has 1 aliphatic rings. The normalized spacial score (nSPS) is 32.7.